The van der Waals surface area contributed by atoms with E-state index in [1.807, 2.05) is 17.5 Å². The van der Waals surface area contributed by atoms with Crippen LogP contribution >= 0.6 is 11.3 Å². The first-order valence-electron chi connectivity index (χ1n) is 2.79. The van der Waals surface area contributed by atoms with Crippen molar-refractivity contribution in [3.63, 3.8) is 0 Å². The summed E-state index contributed by atoms with van der Waals surface area (Å²) in [5, 5.41) is 1.91. The highest BCUT2D eigenvalue weighted by Gasteiger charge is 2.02. The molecule has 0 unspecified atom stereocenters. The second-order valence-corrected chi connectivity index (χ2v) is 2.66. The quantitative estimate of drug-likeness (QED) is 0.604. The maximum atomic E-state index is 10.6. The second-order valence-electron chi connectivity index (χ2n) is 1.68. The summed E-state index contributed by atoms with van der Waals surface area (Å²) in [5.41, 5.74) is 0. The van der Waals surface area contributed by atoms with Crippen molar-refractivity contribution in [1.82, 2.24) is 0 Å². The summed E-state index contributed by atoms with van der Waals surface area (Å²) in [5.74, 6) is -0.303. The van der Waals surface area contributed by atoms with Gasteiger partial charge in [0.2, 0.25) is 0 Å². The van der Waals surface area contributed by atoms with Gasteiger partial charge in [0.1, 0.15) is 6.42 Å². The summed E-state index contributed by atoms with van der Waals surface area (Å²) in [4.78, 5) is 11.5. The van der Waals surface area contributed by atoms with Crippen LogP contribution in [0.2, 0.25) is 0 Å². The molecule has 1 radical (unpaired) electrons. The van der Waals surface area contributed by atoms with E-state index in [2.05, 4.69) is 4.74 Å². The Bertz CT molecular complexity index is 203. The van der Waals surface area contributed by atoms with E-state index in [1.165, 1.54) is 24.9 Å². The number of esters is 1. The molecule has 0 atom stereocenters. The van der Waals surface area contributed by atoms with Crippen LogP contribution < -0.4 is 0 Å². The Morgan fingerprint density at radius 2 is 2.60 bits per heavy atom. The van der Waals surface area contributed by atoms with Gasteiger partial charge in [-0.3, -0.25) is 4.79 Å². The predicted octanol–water partition coefficient (Wildman–Crippen LogP) is 1.47. The smallest absolute Gasteiger partial charge is 0.315 e. The lowest BCUT2D eigenvalue weighted by molar-refractivity contribution is -0.136. The predicted molar refractivity (Wildman–Crippen MR) is 39.7 cm³/mol. The zero-order valence-corrected chi connectivity index (χ0v) is 6.35. The van der Waals surface area contributed by atoms with Gasteiger partial charge in [0.25, 0.3) is 0 Å². The first-order chi connectivity index (χ1) is 4.83. The summed E-state index contributed by atoms with van der Waals surface area (Å²) < 4.78 is 4.44. The van der Waals surface area contributed by atoms with E-state index in [1.54, 1.807) is 0 Å². The highest BCUT2D eigenvalue weighted by Crippen LogP contribution is 2.10. The van der Waals surface area contributed by atoms with Crippen molar-refractivity contribution in [2.75, 3.05) is 7.11 Å². The molecule has 0 aliphatic heterocycles. The summed E-state index contributed by atoms with van der Waals surface area (Å²) >= 11 is 1.51. The van der Waals surface area contributed by atoms with Crippen molar-refractivity contribution >= 4 is 17.3 Å². The molecular formula is C7H7O2S. The zero-order chi connectivity index (χ0) is 7.40. The van der Waals surface area contributed by atoms with Crippen LogP contribution in [0.4, 0.5) is 0 Å². The molecular weight excluding hydrogens is 148 g/mol. The molecule has 53 valence electrons. The molecule has 0 saturated heterocycles. The number of methoxy groups -OCH3 is 1. The van der Waals surface area contributed by atoms with E-state index in [0.717, 1.165) is 4.88 Å². The molecule has 0 amide bonds. The van der Waals surface area contributed by atoms with Gasteiger partial charge in [0.05, 0.1) is 7.11 Å². The van der Waals surface area contributed by atoms with Gasteiger partial charge in [-0.1, -0.05) is 6.07 Å². The maximum Gasteiger partial charge on any atom is 0.315 e. The van der Waals surface area contributed by atoms with Gasteiger partial charge >= 0.3 is 5.97 Å². The van der Waals surface area contributed by atoms with E-state index in [9.17, 15) is 4.79 Å². The SMILES string of the molecule is COC(=O)[CH]c1cccs1. The summed E-state index contributed by atoms with van der Waals surface area (Å²) in [6.07, 6.45) is 1.46. The molecule has 1 rings (SSSR count). The lowest BCUT2D eigenvalue weighted by Gasteiger charge is -1.92. The van der Waals surface area contributed by atoms with Crippen LogP contribution in [-0.2, 0) is 9.53 Å². The molecule has 0 saturated carbocycles. The standard InChI is InChI=1S/C7H7O2S/c1-9-7(8)5-6-3-2-4-10-6/h2-5H,1H3. The third-order valence-electron chi connectivity index (χ3n) is 1.00. The molecule has 1 aromatic heterocycles. The number of thiophene rings is 1. The van der Waals surface area contributed by atoms with E-state index >= 15 is 0 Å². The molecule has 0 aliphatic rings. The first-order valence-corrected chi connectivity index (χ1v) is 3.67. The fourth-order valence-corrected chi connectivity index (χ4v) is 1.18. The third kappa shape index (κ3) is 1.84. The molecule has 0 fully saturated rings. The molecule has 1 aromatic rings. The Morgan fingerprint density at radius 3 is 3.10 bits per heavy atom. The maximum absolute atomic E-state index is 10.6. The molecule has 2 nitrogen and oxygen atoms in total. The average Bonchev–Trinajstić information content (AvgIpc) is 2.40. The summed E-state index contributed by atoms with van der Waals surface area (Å²) in [6.45, 7) is 0. The molecule has 3 heteroatoms. The first kappa shape index (κ1) is 7.28. The molecule has 0 aromatic carbocycles. The second kappa shape index (κ2) is 3.37. The van der Waals surface area contributed by atoms with Crippen molar-refractivity contribution in [2.24, 2.45) is 0 Å². The van der Waals surface area contributed by atoms with Gasteiger partial charge in [-0.2, -0.15) is 0 Å². The Labute approximate surface area is 63.4 Å². The minimum Gasteiger partial charge on any atom is -0.468 e. The monoisotopic (exact) mass is 155 g/mol. The summed E-state index contributed by atoms with van der Waals surface area (Å²) in [7, 11) is 1.37. The Balaban J connectivity index is 2.48. The van der Waals surface area contributed by atoms with E-state index in [-0.39, 0.29) is 5.97 Å². The van der Waals surface area contributed by atoms with Gasteiger partial charge in [-0.15, -0.1) is 11.3 Å². The van der Waals surface area contributed by atoms with Crippen molar-refractivity contribution in [1.29, 1.82) is 0 Å². The van der Waals surface area contributed by atoms with E-state index < -0.39 is 0 Å². The van der Waals surface area contributed by atoms with Crippen LogP contribution in [0.3, 0.4) is 0 Å². The number of carbonyl (C=O) groups is 1. The molecule has 0 bridgehead atoms. The van der Waals surface area contributed by atoms with Gasteiger partial charge < -0.3 is 4.74 Å². The largest absolute Gasteiger partial charge is 0.468 e. The van der Waals surface area contributed by atoms with Crippen LogP contribution in [0.25, 0.3) is 0 Å². The number of hydrogen-bond donors (Lipinski definition) is 0. The van der Waals surface area contributed by atoms with E-state index in [4.69, 9.17) is 0 Å². The molecule has 0 aliphatic carbocycles. The highest BCUT2D eigenvalue weighted by atomic mass is 32.1. The van der Waals surface area contributed by atoms with Crippen LogP contribution in [0, 0.1) is 6.42 Å². The summed E-state index contributed by atoms with van der Waals surface area (Å²) in [6, 6.07) is 3.75. The van der Waals surface area contributed by atoms with Crippen molar-refractivity contribution in [3.8, 4) is 0 Å². The van der Waals surface area contributed by atoms with Gasteiger partial charge in [-0.05, 0) is 11.4 Å². The Kier molecular flexibility index (Phi) is 2.45. The third-order valence-corrected chi connectivity index (χ3v) is 1.82. The van der Waals surface area contributed by atoms with Crippen molar-refractivity contribution < 1.29 is 9.53 Å². The normalized spacial score (nSPS) is 9.30. The number of ether oxygens (including phenoxy) is 1. The van der Waals surface area contributed by atoms with E-state index in [0.29, 0.717) is 0 Å². The molecule has 10 heavy (non-hydrogen) atoms. The van der Waals surface area contributed by atoms with Crippen LogP contribution in [-0.4, -0.2) is 13.1 Å². The van der Waals surface area contributed by atoms with Gasteiger partial charge in [0.15, 0.2) is 0 Å². The van der Waals surface area contributed by atoms with Gasteiger partial charge in [0, 0.05) is 4.88 Å². The minimum absolute atomic E-state index is 0.303. The van der Waals surface area contributed by atoms with Crippen LogP contribution in [0.15, 0.2) is 17.5 Å². The zero-order valence-electron chi connectivity index (χ0n) is 5.53. The number of carbonyl (C=O) groups excluding carboxylic acids is 1. The topological polar surface area (TPSA) is 26.3 Å². The molecule has 1 heterocycles. The van der Waals surface area contributed by atoms with Crippen molar-refractivity contribution in [2.45, 2.75) is 0 Å². The lowest BCUT2D eigenvalue weighted by atomic mass is 10.3. The molecule has 0 N–H and O–H groups in total. The number of hydrogen-bond acceptors (Lipinski definition) is 3. The Morgan fingerprint density at radius 1 is 1.80 bits per heavy atom. The number of rotatable bonds is 2. The average molecular weight is 155 g/mol. The fourth-order valence-electron chi connectivity index (χ4n) is 0.548. The lowest BCUT2D eigenvalue weighted by Crippen LogP contribution is -1.99. The molecule has 0 spiro atoms. The van der Waals surface area contributed by atoms with Crippen LogP contribution in [0.1, 0.15) is 4.88 Å². The van der Waals surface area contributed by atoms with Crippen LogP contribution in [0.5, 0.6) is 0 Å². The van der Waals surface area contributed by atoms with Crippen molar-refractivity contribution in [3.05, 3.63) is 28.8 Å². The highest BCUT2D eigenvalue weighted by molar-refractivity contribution is 7.10. The van der Waals surface area contributed by atoms with Gasteiger partial charge in [-0.25, -0.2) is 0 Å². The minimum atomic E-state index is -0.303. The fraction of sp³-hybridized carbons (Fsp3) is 0.143. The Hall–Kier alpha value is -0.830.